The van der Waals surface area contributed by atoms with Crippen molar-refractivity contribution in [1.82, 2.24) is 9.78 Å². The lowest BCUT2D eigenvalue weighted by molar-refractivity contribution is -0.137. The highest BCUT2D eigenvalue weighted by molar-refractivity contribution is 5.79. The molecule has 2 N–H and O–H groups in total. The summed E-state index contributed by atoms with van der Waals surface area (Å²) in [5, 5.41) is 24.4. The first-order valence-electron chi connectivity index (χ1n) is 10.5. The predicted molar refractivity (Wildman–Crippen MR) is 122 cm³/mol. The summed E-state index contributed by atoms with van der Waals surface area (Å²) in [6.45, 7) is 5.55. The lowest BCUT2D eigenvalue weighted by Gasteiger charge is -2.16. The second kappa shape index (κ2) is 8.31. The second-order valence-electron chi connectivity index (χ2n) is 7.95. The summed E-state index contributed by atoms with van der Waals surface area (Å²) in [4.78, 5) is 0. The topological polar surface area (TPSA) is 58.3 Å². The van der Waals surface area contributed by atoms with E-state index in [0.717, 1.165) is 22.8 Å². The third-order valence-corrected chi connectivity index (χ3v) is 5.70. The van der Waals surface area contributed by atoms with Gasteiger partial charge in [0.1, 0.15) is 11.5 Å². The Labute approximate surface area is 189 Å². The second-order valence-corrected chi connectivity index (χ2v) is 7.95. The van der Waals surface area contributed by atoms with Crippen LogP contribution in [0.3, 0.4) is 0 Å². The Morgan fingerprint density at radius 2 is 1.42 bits per heavy atom. The van der Waals surface area contributed by atoms with Crippen molar-refractivity contribution in [2.75, 3.05) is 0 Å². The number of nitrogens with zero attached hydrogens (tertiary/aromatic N) is 2. The van der Waals surface area contributed by atoms with Gasteiger partial charge in [-0.3, -0.25) is 0 Å². The lowest BCUT2D eigenvalue weighted by Crippen LogP contribution is -2.12. The molecule has 0 saturated heterocycles. The van der Waals surface area contributed by atoms with Crippen molar-refractivity contribution >= 4 is 0 Å². The molecular formula is C26H23F3N2O2. The van der Waals surface area contributed by atoms with Crippen molar-refractivity contribution in [1.29, 1.82) is 0 Å². The molecule has 0 saturated carbocycles. The molecule has 0 aliphatic rings. The number of aromatic nitrogens is 2. The molecule has 0 radical (unpaired) electrons. The maximum absolute atomic E-state index is 13.9. The summed E-state index contributed by atoms with van der Waals surface area (Å²) in [5.74, 6) is 0.177. The van der Waals surface area contributed by atoms with Crippen LogP contribution in [0.2, 0.25) is 0 Å². The van der Waals surface area contributed by atoms with Crippen molar-refractivity contribution in [2.45, 2.75) is 33.4 Å². The molecule has 4 nitrogen and oxygen atoms in total. The van der Waals surface area contributed by atoms with Crippen LogP contribution in [0.15, 0.2) is 60.7 Å². The van der Waals surface area contributed by atoms with Crippen LogP contribution in [0.25, 0.3) is 28.2 Å². The average Bonchev–Trinajstić information content (AvgIpc) is 3.12. The number of benzene rings is 3. The highest BCUT2D eigenvalue weighted by Crippen LogP contribution is 2.41. The van der Waals surface area contributed by atoms with Crippen LogP contribution >= 0.6 is 0 Å². The molecule has 0 unspecified atom stereocenters. The molecule has 0 aliphatic heterocycles. The van der Waals surface area contributed by atoms with E-state index >= 15 is 0 Å². The maximum Gasteiger partial charge on any atom is 0.418 e. The molecule has 0 spiro atoms. The zero-order valence-electron chi connectivity index (χ0n) is 18.4. The third-order valence-electron chi connectivity index (χ3n) is 5.70. The predicted octanol–water partition coefficient (Wildman–Crippen LogP) is 6.82. The van der Waals surface area contributed by atoms with E-state index in [1.54, 1.807) is 37.3 Å². The number of phenolic OH excluding ortho intramolecular Hbond substituents is 2. The number of aryl methyl sites for hydroxylation is 2. The maximum atomic E-state index is 13.9. The fourth-order valence-electron chi connectivity index (χ4n) is 4.18. The number of rotatable bonds is 4. The van der Waals surface area contributed by atoms with E-state index in [1.165, 1.54) is 28.9 Å². The van der Waals surface area contributed by atoms with Crippen molar-refractivity contribution in [3.05, 3.63) is 82.9 Å². The largest absolute Gasteiger partial charge is 0.508 e. The van der Waals surface area contributed by atoms with Gasteiger partial charge in [-0.2, -0.15) is 18.3 Å². The van der Waals surface area contributed by atoms with Gasteiger partial charge in [0, 0.05) is 16.7 Å². The standard InChI is InChI=1S/C26H23F3N2O2/c1-4-19-24(20-11-9-17(32)13-15(20)2)30-31(23-8-6-5-7-22(23)26(27,28)29)25(19)21-12-10-18(33)14-16(21)3/h5-14,32-33H,4H2,1-3H3. The molecule has 7 heteroatoms. The summed E-state index contributed by atoms with van der Waals surface area (Å²) in [6, 6.07) is 15.0. The monoisotopic (exact) mass is 452 g/mol. The van der Waals surface area contributed by atoms with Crippen LogP contribution in [0.1, 0.15) is 29.2 Å². The molecule has 0 atom stereocenters. The van der Waals surface area contributed by atoms with Gasteiger partial charge in [-0.05, 0) is 79.9 Å². The van der Waals surface area contributed by atoms with Crippen LogP contribution in [-0.2, 0) is 12.6 Å². The molecule has 0 fully saturated rings. The van der Waals surface area contributed by atoms with Gasteiger partial charge in [0.2, 0.25) is 0 Å². The zero-order chi connectivity index (χ0) is 23.9. The van der Waals surface area contributed by atoms with E-state index in [2.05, 4.69) is 0 Å². The number of para-hydroxylation sites is 1. The Kier molecular flexibility index (Phi) is 5.66. The SMILES string of the molecule is CCc1c(-c2ccc(O)cc2C)nn(-c2ccccc2C(F)(F)F)c1-c1ccc(O)cc1C. The summed E-state index contributed by atoms with van der Waals surface area (Å²) in [6.07, 6.45) is -4.05. The molecule has 4 aromatic rings. The average molecular weight is 452 g/mol. The normalized spacial score (nSPS) is 11.7. The van der Waals surface area contributed by atoms with Crippen LogP contribution in [0.5, 0.6) is 11.5 Å². The Morgan fingerprint density at radius 3 is 1.97 bits per heavy atom. The smallest absolute Gasteiger partial charge is 0.418 e. The molecule has 3 aromatic carbocycles. The fourth-order valence-corrected chi connectivity index (χ4v) is 4.18. The van der Waals surface area contributed by atoms with E-state index < -0.39 is 11.7 Å². The minimum atomic E-state index is -4.56. The minimum Gasteiger partial charge on any atom is -0.508 e. The van der Waals surface area contributed by atoms with Crippen LogP contribution in [0, 0.1) is 13.8 Å². The number of phenols is 2. The van der Waals surface area contributed by atoms with Gasteiger partial charge in [-0.25, -0.2) is 4.68 Å². The molecule has 170 valence electrons. The van der Waals surface area contributed by atoms with Crippen molar-refractivity contribution in [2.24, 2.45) is 0 Å². The minimum absolute atomic E-state index is 0.0747. The van der Waals surface area contributed by atoms with Gasteiger partial charge in [0.05, 0.1) is 22.6 Å². The van der Waals surface area contributed by atoms with Crippen LogP contribution < -0.4 is 0 Å². The fraction of sp³-hybridized carbons (Fsp3) is 0.192. The molecule has 0 amide bonds. The highest BCUT2D eigenvalue weighted by atomic mass is 19.4. The first kappa shape index (κ1) is 22.5. The van der Waals surface area contributed by atoms with Crippen LogP contribution in [0.4, 0.5) is 13.2 Å². The molecule has 33 heavy (non-hydrogen) atoms. The van der Waals surface area contributed by atoms with Crippen molar-refractivity contribution < 1.29 is 23.4 Å². The van der Waals surface area contributed by atoms with E-state index in [-0.39, 0.29) is 17.2 Å². The van der Waals surface area contributed by atoms with Gasteiger partial charge in [0.25, 0.3) is 0 Å². The Hall–Kier alpha value is -3.74. The number of aromatic hydroxyl groups is 2. The highest BCUT2D eigenvalue weighted by Gasteiger charge is 2.35. The molecule has 1 heterocycles. The Morgan fingerprint density at radius 1 is 0.848 bits per heavy atom. The lowest BCUT2D eigenvalue weighted by atomic mass is 9.95. The van der Waals surface area contributed by atoms with Crippen molar-refractivity contribution in [3.63, 3.8) is 0 Å². The summed E-state index contributed by atoms with van der Waals surface area (Å²) >= 11 is 0. The summed E-state index contributed by atoms with van der Waals surface area (Å²) in [5.41, 5.74) is 3.86. The number of hydrogen-bond donors (Lipinski definition) is 2. The van der Waals surface area contributed by atoms with Gasteiger partial charge in [-0.1, -0.05) is 19.1 Å². The van der Waals surface area contributed by atoms with E-state index in [0.29, 0.717) is 28.9 Å². The number of alkyl halides is 3. The molecule has 0 bridgehead atoms. The van der Waals surface area contributed by atoms with E-state index in [1.807, 2.05) is 13.8 Å². The summed E-state index contributed by atoms with van der Waals surface area (Å²) < 4.78 is 43.1. The quantitative estimate of drug-likeness (QED) is 0.357. The van der Waals surface area contributed by atoms with Crippen LogP contribution in [-0.4, -0.2) is 20.0 Å². The Bertz CT molecular complexity index is 1340. The molecular weight excluding hydrogens is 429 g/mol. The molecule has 4 rings (SSSR count). The molecule has 1 aromatic heterocycles. The Balaban J connectivity index is 2.12. The zero-order valence-corrected chi connectivity index (χ0v) is 18.4. The summed E-state index contributed by atoms with van der Waals surface area (Å²) in [7, 11) is 0. The van der Waals surface area contributed by atoms with Gasteiger partial charge >= 0.3 is 6.18 Å². The van der Waals surface area contributed by atoms with E-state index in [4.69, 9.17) is 5.10 Å². The van der Waals surface area contributed by atoms with Gasteiger partial charge in [0.15, 0.2) is 0 Å². The van der Waals surface area contributed by atoms with Crippen molar-refractivity contribution in [3.8, 4) is 39.7 Å². The van der Waals surface area contributed by atoms with E-state index in [9.17, 15) is 23.4 Å². The number of halogens is 3. The third kappa shape index (κ3) is 4.06. The van der Waals surface area contributed by atoms with Gasteiger partial charge in [-0.15, -0.1) is 0 Å². The first-order valence-corrected chi connectivity index (χ1v) is 10.5. The number of hydrogen-bond acceptors (Lipinski definition) is 3. The van der Waals surface area contributed by atoms with Gasteiger partial charge < -0.3 is 10.2 Å². The molecule has 0 aliphatic carbocycles. The first-order chi connectivity index (χ1) is 15.6.